The average Bonchev–Trinajstić information content (AvgIpc) is 2.81. The third-order valence-corrected chi connectivity index (χ3v) is 3.07. The Balaban J connectivity index is 2.11. The van der Waals surface area contributed by atoms with E-state index in [2.05, 4.69) is 15.3 Å². The van der Waals surface area contributed by atoms with Crippen molar-refractivity contribution >= 4 is 22.9 Å². The summed E-state index contributed by atoms with van der Waals surface area (Å²) in [6, 6.07) is 11.5. The predicted molar refractivity (Wildman–Crippen MR) is 75.6 cm³/mol. The molecule has 0 aliphatic rings. The first-order chi connectivity index (χ1) is 9.15. The monoisotopic (exact) mass is 273 g/mol. The van der Waals surface area contributed by atoms with Gasteiger partial charge >= 0.3 is 0 Å². The molecule has 0 saturated carbocycles. The van der Waals surface area contributed by atoms with Crippen LogP contribution in [0.1, 0.15) is 0 Å². The van der Waals surface area contributed by atoms with Gasteiger partial charge in [0.1, 0.15) is 5.15 Å². The third kappa shape index (κ3) is 2.13. The molecule has 0 atom stereocenters. The number of anilines is 1. The first-order valence-electron chi connectivity index (χ1n) is 5.81. The van der Waals surface area contributed by atoms with Crippen LogP contribution in [0.3, 0.4) is 0 Å². The molecular weight excluding hydrogens is 262 g/mol. The second-order valence-electron chi connectivity index (χ2n) is 4.39. The number of hydrogen-bond acceptors (Lipinski definition) is 4. The number of aromatic nitrogens is 4. The molecule has 19 heavy (non-hydrogen) atoms. The van der Waals surface area contributed by atoms with E-state index in [1.54, 1.807) is 16.6 Å². The topological polar surface area (TPSA) is 46.3 Å². The van der Waals surface area contributed by atoms with E-state index in [-0.39, 0.29) is 0 Å². The molecule has 0 bridgehead atoms. The van der Waals surface area contributed by atoms with Crippen molar-refractivity contribution in [3.8, 4) is 11.4 Å². The molecule has 2 aromatic heterocycles. The third-order valence-electron chi connectivity index (χ3n) is 2.87. The molecular formula is C13H12ClN5. The summed E-state index contributed by atoms with van der Waals surface area (Å²) in [5.41, 5.74) is 2.76. The molecule has 3 rings (SSSR count). The highest BCUT2D eigenvalue weighted by atomic mass is 35.5. The van der Waals surface area contributed by atoms with Crippen LogP contribution in [0.2, 0.25) is 5.15 Å². The summed E-state index contributed by atoms with van der Waals surface area (Å²) < 4.78 is 1.65. The SMILES string of the molecule is CN(C)c1ccc(-c2nnc3ccc(Cl)nn23)cc1. The van der Waals surface area contributed by atoms with Crippen molar-refractivity contribution in [2.75, 3.05) is 19.0 Å². The fourth-order valence-electron chi connectivity index (χ4n) is 1.86. The Morgan fingerprint density at radius 3 is 2.42 bits per heavy atom. The van der Waals surface area contributed by atoms with E-state index < -0.39 is 0 Å². The van der Waals surface area contributed by atoms with E-state index in [9.17, 15) is 0 Å². The van der Waals surface area contributed by atoms with Gasteiger partial charge in [-0.1, -0.05) is 11.6 Å². The Bertz CT molecular complexity index is 717. The van der Waals surface area contributed by atoms with Gasteiger partial charge in [-0.3, -0.25) is 0 Å². The molecule has 0 amide bonds. The van der Waals surface area contributed by atoms with Crippen molar-refractivity contribution in [3.05, 3.63) is 41.6 Å². The number of benzene rings is 1. The zero-order chi connectivity index (χ0) is 13.4. The fourth-order valence-corrected chi connectivity index (χ4v) is 1.99. The van der Waals surface area contributed by atoms with E-state index in [0.29, 0.717) is 16.6 Å². The highest BCUT2D eigenvalue weighted by Crippen LogP contribution is 2.21. The standard InChI is InChI=1S/C13H12ClN5/c1-18(2)10-5-3-9(4-6-10)13-16-15-12-8-7-11(14)17-19(12)13/h3-8H,1-2H3. The van der Waals surface area contributed by atoms with Gasteiger partial charge in [-0.15, -0.1) is 10.2 Å². The first-order valence-corrected chi connectivity index (χ1v) is 6.19. The number of halogens is 1. The lowest BCUT2D eigenvalue weighted by molar-refractivity contribution is 0.936. The number of hydrogen-bond donors (Lipinski definition) is 0. The highest BCUT2D eigenvalue weighted by Gasteiger charge is 2.09. The Morgan fingerprint density at radius 2 is 1.74 bits per heavy atom. The largest absolute Gasteiger partial charge is 0.378 e. The summed E-state index contributed by atoms with van der Waals surface area (Å²) >= 11 is 5.91. The van der Waals surface area contributed by atoms with Crippen molar-refractivity contribution in [3.63, 3.8) is 0 Å². The van der Waals surface area contributed by atoms with E-state index in [1.165, 1.54) is 0 Å². The maximum Gasteiger partial charge on any atom is 0.185 e. The molecule has 2 heterocycles. The van der Waals surface area contributed by atoms with Gasteiger partial charge in [0.15, 0.2) is 11.5 Å². The summed E-state index contributed by atoms with van der Waals surface area (Å²) in [6.45, 7) is 0. The van der Waals surface area contributed by atoms with E-state index >= 15 is 0 Å². The minimum atomic E-state index is 0.415. The molecule has 6 heteroatoms. The van der Waals surface area contributed by atoms with E-state index in [0.717, 1.165) is 11.3 Å². The van der Waals surface area contributed by atoms with Crippen LogP contribution in [-0.4, -0.2) is 33.9 Å². The maximum atomic E-state index is 5.91. The van der Waals surface area contributed by atoms with Crippen LogP contribution in [0.15, 0.2) is 36.4 Å². The maximum absolute atomic E-state index is 5.91. The molecule has 3 aromatic rings. The Labute approximate surface area is 115 Å². The molecule has 1 aromatic carbocycles. The van der Waals surface area contributed by atoms with E-state index in [4.69, 9.17) is 11.6 Å². The van der Waals surface area contributed by atoms with Gasteiger partial charge in [0.25, 0.3) is 0 Å². The van der Waals surface area contributed by atoms with Crippen LogP contribution in [0.25, 0.3) is 17.0 Å². The molecule has 0 fully saturated rings. The van der Waals surface area contributed by atoms with Gasteiger partial charge in [0, 0.05) is 25.3 Å². The van der Waals surface area contributed by atoms with Gasteiger partial charge in [-0.2, -0.15) is 9.61 Å². The molecule has 0 radical (unpaired) electrons. The van der Waals surface area contributed by atoms with Crippen molar-refractivity contribution in [2.45, 2.75) is 0 Å². The first kappa shape index (κ1) is 11.9. The van der Waals surface area contributed by atoms with Crippen LogP contribution >= 0.6 is 11.6 Å². The van der Waals surface area contributed by atoms with Crippen molar-refractivity contribution in [2.24, 2.45) is 0 Å². The lowest BCUT2D eigenvalue weighted by Crippen LogP contribution is -2.08. The van der Waals surface area contributed by atoms with Gasteiger partial charge in [-0.05, 0) is 36.4 Å². The smallest absolute Gasteiger partial charge is 0.185 e. The van der Waals surface area contributed by atoms with Gasteiger partial charge in [0.05, 0.1) is 0 Å². The summed E-state index contributed by atoms with van der Waals surface area (Å²) in [5.74, 6) is 0.683. The Kier molecular flexibility index (Phi) is 2.83. The van der Waals surface area contributed by atoms with Crippen LogP contribution in [0, 0.1) is 0 Å². The van der Waals surface area contributed by atoms with Crippen molar-refractivity contribution in [1.29, 1.82) is 0 Å². The predicted octanol–water partition coefficient (Wildman–Crippen LogP) is 2.51. The van der Waals surface area contributed by atoms with Crippen LogP contribution in [0.5, 0.6) is 0 Å². The van der Waals surface area contributed by atoms with Gasteiger partial charge in [-0.25, -0.2) is 0 Å². The normalized spacial score (nSPS) is 10.9. The quantitative estimate of drug-likeness (QED) is 0.720. The van der Waals surface area contributed by atoms with Crippen LogP contribution in [-0.2, 0) is 0 Å². The van der Waals surface area contributed by atoms with E-state index in [1.807, 2.05) is 43.3 Å². The minimum absolute atomic E-state index is 0.415. The second kappa shape index (κ2) is 4.51. The molecule has 0 aliphatic carbocycles. The van der Waals surface area contributed by atoms with Crippen LogP contribution < -0.4 is 4.90 Å². The molecule has 5 nitrogen and oxygen atoms in total. The molecule has 0 aliphatic heterocycles. The summed E-state index contributed by atoms with van der Waals surface area (Å²) in [4.78, 5) is 2.04. The lowest BCUT2D eigenvalue weighted by Gasteiger charge is -2.12. The lowest BCUT2D eigenvalue weighted by atomic mass is 10.2. The van der Waals surface area contributed by atoms with Crippen molar-refractivity contribution in [1.82, 2.24) is 19.8 Å². The second-order valence-corrected chi connectivity index (χ2v) is 4.78. The Hall–Kier alpha value is -2.14. The zero-order valence-electron chi connectivity index (χ0n) is 10.6. The summed E-state index contributed by atoms with van der Waals surface area (Å²) in [5, 5.41) is 12.9. The minimum Gasteiger partial charge on any atom is -0.378 e. The Morgan fingerprint density at radius 1 is 1.00 bits per heavy atom. The van der Waals surface area contributed by atoms with Crippen LogP contribution in [0.4, 0.5) is 5.69 Å². The molecule has 0 N–H and O–H groups in total. The van der Waals surface area contributed by atoms with Crippen molar-refractivity contribution < 1.29 is 0 Å². The highest BCUT2D eigenvalue weighted by molar-refractivity contribution is 6.29. The number of rotatable bonds is 2. The van der Waals surface area contributed by atoms with Gasteiger partial charge < -0.3 is 4.90 Å². The zero-order valence-corrected chi connectivity index (χ0v) is 11.3. The van der Waals surface area contributed by atoms with Gasteiger partial charge in [0.2, 0.25) is 0 Å². The average molecular weight is 274 g/mol. The molecule has 0 saturated heterocycles. The summed E-state index contributed by atoms with van der Waals surface area (Å²) in [6.07, 6.45) is 0. The molecule has 96 valence electrons. The molecule has 0 spiro atoms. The summed E-state index contributed by atoms with van der Waals surface area (Å²) in [7, 11) is 4.01. The number of nitrogens with zero attached hydrogens (tertiary/aromatic N) is 5. The number of fused-ring (bicyclic) bond motifs is 1. The fraction of sp³-hybridized carbons (Fsp3) is 0.154. The molecule has 0 unspecified atom stereocenters.